The molecular formula is C24H24F3NO4S. The third-order valence-electron chi connectivity index (χ3n) is 5.13. The lowest BCUT2D eigenvalue weighted by molar-refractivity contribution is -0.323. The highest BCUT2D eigenvalue weighted by Crippen LogP contribution is 2.46. The zero-order valence-corrected chi connectivity index (χ0v) is 18.9. The van der Waals surface area contributed by atoms with E-state index in [1.54, 1.807) is 55.5 Å². The fraction of sp³-hybridized carbons (Fsp3) is 0.250. The number of sulfonamides is 1. The quantitative estimate of drug-likeness (QED) is 0.443. The monoisotopic (exact) mass is 479 g/mol. The van der Waals surface area contributed by atoms with Crippen molar-refractivity contribution < 1.29 is 31.1 Å². The molecule has 0 saturated carbocycles. The Kier molecular flexibility index (Phi) is 7.58. The molecule has 0 radical (unpaired) electrons. The molecule has 0 fully saturated rings. The number of benzene rings is 3. The Hall–Kier alpha value is -2.72. The Labute approximate surface area is 191 Å². The van der Waals surface area contributed by atoms with Gasteiger partial charge in [0, 0.05) is 7.11 Å². The summed E-state index contributed by atoms with van der Waals surface area (Å²) in [6.45, 7) is 1.34. The summed E-state index contributed by atoms with van der Waals surface area (Å²) < 4.78 is 83.1. The number of ether oxygens (including phenoxy) is 2. The van der Waals surface area contributed by atoms with E-state index in [0.717, 1.165) is 12.7 Å². The first-order valence-corrected chi connectivity index (χ1v) is 11.5. The van der Waals surface area contributed by atoms with E-state index in [-0.39, 0.29) is 10.5 Å². The minimum Gasteiger partial charge on any atom is -0.362 e. The standard InChI is InChI=1S/C24H24F3NO4S/c1-18-13-15-21(16-14-18)33(29,30)28-22(31-2)23(24(25,26)27,20-11-7-4-8-12-20)32-17-19-9-5-3-6-10-19/h3-16,22,28H,17H2,1-2H3/t22?,23-/m1/s1. The van der Waals surface area contributed by atoms with E-state index >= 15 is 0 Å². The second-order valence-corrected chi connectivity index (χ2v) is 9.14. The Morgan fingerprint density at radius 2 is 1.42 bits per heavy atom. The zero-order valence-electron chi connectivity index (χ0n) is 18.0. The van der Waals surface area contributed by atoms with Crippen molar-refractivity contribution in [3.63, 3.8) is 0 Å². The predicted molar refractivity (Wildman–Crippen MR) is 118 cm³/mol. The molecule has 0 amide bonds. The smallest absolute Gasteiger partial charge is 0.362 e. The van der Waals surface area contributed by atoms with Gasteiger partial charge in [-0.2, -0.15) is 17.9 Å². The van der Waals surface area contributed by atoms with E-state index in [9.17, 15) is 21.6 Å². The van der Waals surface area contributed by atoms with Crippen LogP contribution in [0, 0.1) is 6.92 Å². The molecule has 0 bridgehead atoms. The van der Waals surface area contributed by atoms with E-state index in [1.165, 1.54) is 36.4 Å². The Morgan fingerprint density at radius 3 is 1.94 bits per heavy atom. The minimum absolute atomic E-state index is 0.192. The van der Waals surface area contributed by atoms with Crippen LogP contribution in [-0.2, 0) is 31.7 Å². The number of methoxy groups -OCH3 is 1. The number of nitrogens with one attached hydrogen (secondary N) is 1. The van der Waals surface area contributed by atoms with Crippen LogP contribution in [-0.4, -0.2) is 27.9 Å². The number of hydrogen-bond donors (Lipinski definition) is 1. The van der Waals surface area contributed by atoms with Crippen LogP contribution in [0.25, 0.3) is 0 Å². The minimum atomic E-state index is -5.04. The van der Waals surface area contributed by atoms with Gasteiger partial charge in [-0.25, -0.2) is 8.42 Å². The molecule has 9 heteroatoms. The molecule has 0 spiro atoms. The van der Waals surface area contributed by atoms with E-state index < -0.39 is 34.6 Å². The van der Waals surface area contributed by atoms with E-state index in [1.807, 2.05) is 0 Å². The molecule has 1 N–H and O–H groups in total. The van der Waals surface area contributed by atoms with E-state index in [2.05, 4.69) is 4.72 Å². The van der Waals surface area contributed by atoms with Gasteiger partial charge in [-0.15, -0.1) is 0 Å². The van der Waals surface area contributed by atoms with Crippen molar-refractivity contribution in [1.82, 2.24) is 4.72 Å². The summed E-state index contributed by atoms with van der Waals surface area (Å²) >= 11 is 0. The van der Waals surface area contributed by atoms with E-state index in [0.29, 0.717) is 5.56 Å². The van der Waals surface area contributed by atoms with Crippen LogP contribution in [0.2, 0.25) is 0 Å². The van der Waals surface area contributed by atoms with Crippen LogP contribution < -0.4 is 4.72 Å². The lowest BCUT2D eigenvalue weighted by Crippen LogP contribution is -2.60. The maximum atomic E-state index is 14.8. The van der Waals surface area contributed by atoms with Gasteiger partial charge in [0.05, 0.1) is 11.5 Å². The molecule has 5 nitrogen and oxygen atoms in total. The molecule has 2 atom stereocenters. The number of rotatable bonds is 9. The highest BCUT2D eigenvalue weighted by molar-refractivity contribution is 7.89. The van der Waals surface area contributed by atoms with Crippen molar-refractivity contribution in [3.8, 4) is 0 Å². The maximum absolute atomic E-state index is 14.8. The molecule has 176 valence electrons. The summed E-state index contributed by atoms with van der Waals surface area (Å²) in [6.07, 6.45) is -7.16. The average molecular weight is 480 g/mol. The van der Waals surface area contributed by atoms with Gasteiger partial charge < -0.3 is 9.47 Å². The van der Waals surface area contributed by atoms with Crippen LogP contribution in [0.1, 0.15) is 16.7 Å². The molecule has 0 aliphatic carbocycles. The van der Waals surface area contributed by atoms with Gasteiger partial charge in [0.25, 0.3) is 0 Å². The summed E-state index contributed by atoms with van der Waals surface area (Å²) in [5, 5.41) is 0. The second-order valence-electron chi connectivity index (χ2n) is 7.42. The van der Waals surface area contributed by atoms with Crippen molar-refractivity contribution in [3.05, 3.63) is 102 Å². The number of alkyl halides is 3. The van der Waals surface area contributed by atoms with Gasteiger partial charge in [0.2, 0.25) is 15.6 Å². The lowest BCUT2D eigenvalue weighted by Gasteiger charge is -2.41. The topological polar surface area (TPSA) is 64.6 Å². The van der Waals surface area contributed by atoms with Crippen molar-refractivity contribution in [2.24, 2.45) is 0 Å². The van der Waals surface area contributed by atoms with Gasteiger partial charge in [-0.05, 0) is 30.2 Å². The first-order valence-electron chi connectivity index (χ1n) is 10.0. The van der Waals surface area contributed by atoms with Crippen LogP contribution in [0.15, 0.2) is 89.8 Å². The van der Waals surface area contributed by atoms with Crippen LogP contribution in [0.4, 0.5) is 13.2 Å². The summed E-state index contributed by atoms with van der Waals surface area (Å²) in [6, 6.07) is 20.9. The SMILES string of the molecule is COC(NS(=O)(=O)c1ccc(C)cc1)[C@](OCc1ccccc1)(c1ccccc1)C(F)(F)F. The molecule has 0 aliphatic heterocycles. The van der Waals surface area contributed by atoms with Crippen molar-refractivity contribution in [1.29, 1.82) is 0 Å². The van der Waals surface area contributed by atoms with Crippen molar-refractivity contribution in [2.45, 2.75) is 36.4 Å². The van der Waals surface area contributed by atoms with Crippen LogP contribution in [0.3, 0.4) is 0 Å². The highest BCUT2D eigenvalue weighted by Gasteiger charge is 2.63. The number of hydrogen-bond acceptors (Lipinski definition) is 4. The maximum Gasteiger partial charge on any atom is 0.425 e. The number of aryl methyl sites for hydroxylation is 1. The first kappa shape index (κ1) is 24.9. The van der Waals surface area contributed by atoms with E-state index in [4.69, 9.17) is 9.47 Å². The Morgan fingerprint density at radius 1 is 0.879 bits per heavy atom. The van der Waals surface area contributed by atoms with Crippen molar-refractivity contribution in [2.75, 3.05) is 7.11 Å². The van der Waals surface area contributed by atoms with Crippen LogP contribution >= 0.6 is 0 Å². The Bertz CT molecular complexity index is 1140. The van der Waals surface area contributed by atoms with Gasteiger partial charge in [-0.1, -0.05) is 78.4 Å². The first-order chi connectivity index (χ1) is 15.6. The molecular weight excluding hydrogens is 455 g/mol. The third kappa shape index (κ3) is 5.44. The molecule has 0 aliphatic rings. The fourth-order valence-corrected chi connectivity index (χ4v) is 4.56. The molecule has 0 heterocycles. The molecule has 3 rings (SSSR count). The van der Waals surface area contributed by atoms with Gasteiger partial charge in [0.1, 0.15) is 0 Å². The molecule has 3 aromatic carbocycles. The molecule has 1 unspecified atom stereocenters. The van der Waals surface area contributed by atoms with Gasteiger partial charge in [0.15, 0.2) is 6.23 Å². The summed E-state index contributed by atoms with van der Waals surface area (Å²) in [7, 11) is -3.38. The zero-order chi connectivity index (χ0) is 24.1. The average Bonchev–Trinajstić information content (AvgIpc) is 2.79. The molecule has 0 aromatic heterocycles. The second kappa shape index (κ2) is 10.0. The lowest BCUT2D eigenvalue weighted by atomic mass is 9.90. The predicted octanol–water partition coefficient (Wildman–Crippen LogP) is 4.92. The summed E-state index contributed by atoms with van der Waals surface area (Å²) in [5.41, 5.74) is -2.14. The normalized spacial score (nSPS) is 15.1. The summed E-state index contributed by atoms with van der Waals surface area (Å²) in [4.78, 5) is -0.192. The fourth-order valence-electron chi connectivity index (χ4n) is 3.39. The summed E-state index contributed by atoms with van der Waals surface area (Å²) in [5.74, 6) is 0. The Balaban J connectivity index is 2.09. The highest BCUT2D eigenvalue weighted by atomic mass is 32.2. The molecule has 33 heavy (non-hydrogen) atoms. The molecule has 0 saturated heterocycles. The van der Waals surface area contributed by atoms with Gasteiger partial charge in [-0.3, -0.25) is 0 Å². The largest absolute Gasteiger partial charge is 0.425 e. The molecule has 3 aromatic rings. The van der Waals surface area contributed by atoms with Crippen LogP contribution in [0.5, 0.6) is 0 Å². The van der Waals surface area contributed by atoms with Crippen molar-refractivity contribution >= 4 is 10.0 Å². The van der Waals surface area contributed by atoms with Gasteiger partial charge >= 0.3 is 6.18 Å². The third-order valence-corrected chi connectivity index (χ3v) is 6.55. The number of halogens is 3.